The minimum absolute atomic E-state index is 0.00235. The summed E-state index contributed by atoms with van der Waals surface area (Å²) in [7, 11) is 2.19. The molecule has 0 saturated carbocycles. The van der Waals surface area contributed by atoms with Gasteiger partial charge in [-0.25, -0.2) is 0 Å². The molecule has 304 valence electrons. The van der Waals surface area contributed by atoms with Gasteiger partial charge in [0.25, 0.3) is 0 Å². The van der Waals surface area contributed by atoms with Crippen LogP contribution in [0.2, 0.25) is 0 Å². The lowest BCUT2D eigenvalue weighted by Crippen LogP contribution is -2.49. The second-order valence-electron chi connectivity index (χ2n) is 18.3. The van der Waals surface area contributed by atoms with Crippen LogP contribution in [0.25, 0.3) is 0 Å². The highest BCUT2D eigenvalue weighted by Crippen LogP contribution is 2.41. The van der Waals surface area contributed by atoms with E-state index >= 15 is 0 Å². The van der Waals surface area contributed by atoms with Gasteiger partial charge in [-0.3, -0.25) is 9.59 Å². The summed E-state index contributed by atoms with van der Waals surface area (Å²) in [4.78, 5) is 28.7. The number of rotatable bonds is 35. The third-order valence-electron chi connectivity index (χ3n) is 12.0. The molecular formula is C46H91NO4. The first-order valence-corrected chi connectivity index (χ1v) is 22.2. The molecule has 0 aromatic heterocycles. The molecule has 0 aliphatic heterocycles. The van der Waals surface area contributed by atoms with E-state index < -0.39 is 5.41 Å². The van der Waals surface area contributed by atoms with E-state index in [1.54, 1.807) is 0 Å². The molecule has 0 aliphatic rings. The van der Waals surface area contributed by atoms with E-state index in [2.05, 4.69) is 81.2 Å². The topological polar surface area (TPSA) is 55.8 Å². The second kappa shape index (κ2) is 29.3. The Hall–Kier alpha value is -1.10. The number of ether oxygens (including phenoxy) is 2. The van der Waals surface area contributed by atoms with Gasteiger partial charge in [-0.2, -0.15) is 0 Å². The summed E-state index contributed by atoms with van der Waals surface area (Å²) in [5.41, 5.74) is -0.542. The molecule has 0 N–H and O–H groups in total. The van der Waals surface area contributed by atoms with Gasteiger partial charge in [0.1, 0.15) is 6.10 Å². The fraction of sp³-hybridized carbons (Fsp3) is 0.957. The maximum absolute atomic E-state index is 13.8. The van der Waals surface area contributed by atoms with E-state index in [9.17, 15) is 9.59 Å². The summed E-state index contributed by atoms with van der Waals surface area (Å²) >= 11 is 0. The highest BCUT2D eigenvalue weighted by Gasteiger charge is 2.45. The number of esters is 2. The van der Waals surface area contributed by atoms with E-state index in [1.165, 1.54) is 96.3 Å². The van der Waals surface area contributed by atoms with Gasteiger partial charge in [0, 0.05) is 19.5 Å². The van der Waals surface area contributed by atoms with Gasteiger partial charge < -0.3 is 14.4 Å². The van der Waals surface area contributed by atoms with Crippen LogP contribution in [-0.2, 0) is 19.1 Å². The lowest BCUT2D eigenvalue weighted by Gasteiger charge is -2.43. The zero-order chi connectivity index (χ0) is 38.6. The predicted octanol–water partition coefficient (Wildman–Crippen LogP) is 13.9. The molecule has 0 spiro atoms. The summed E-state index contributed by atoms with van der Waals surface area (Å²) < 4.78 is 12.1. The molecule has 5 heteroatoms. The highest BCUT2D eigenvalue weighted by molar-refractivity contribution is 5.77. The normalized spacial score (nSPS) is 13.8. The Kier molecular flexibility index (Phi) is 28.7. The van der Waals surface area contributed by atoms with Crippen molar-refractivity contribution in [2.75, 3.05) is 26.7 Å². The van der Waals surface area contributed by atoms with E-state index in [1.807, 2.05) is 0 Å². The van der Waals surface area contributed by atoms with Crippen LogP contribution in [0.15, 0.2) is 0 Å². The molecule has 0 aliphatic carbocycles. The van der Waals surface area contributed by atoms with Gasteiger partial charge in [0.2, 0.25) is 0 Å². The number of unbranched alkanes of at least 4 members (excludes halogenated alkanes) is 15. The lowest BCUT2D eigenvalue weighted by atomic mass is 9.67. The smallest absolute Gasteiger partial charge is 0.312 e. The molecule has 2 atom stereocenters. The number of hydrogen-bond donors (Lipinski definition) is 0. The first-order chi connectivity index (χ1) is 24.2. The third kappa shape index (κ3) is 24.8. The summed E-state index contributed by atoms with van der Waals surface area (Å²) in [6.07, 6.45) is 29.0. The molecule has 0 fully saturated rings. The summed E-state index contributed by atoms with van der Waals surface area (Å²) in [5.74, 6) is 0.480. The van der Waals surface area contributed by atoms with Gasteiger partial charge in [-0.05, 0) is 89.0 Å². The zero-order valence-electron chi connectivity index (χ0n) is 36.5. The summed E-state index contributed by atoms with van der Waals surface area (Å²) in [6, 6.07) is 0. The summed E-state index contributed by atoms with van der Waals surface area (Å²) in [6.45, 7) is 24.8. The Morgan fingerprint density at radius 3 is 1.55 bits per heavy atom. The van der Waals surface area contributed by atoms with Crippen molar-refractivity contribution < 1.29 is 19.1 Å². The second-order valence-corrected chi connectivity index (χ2v) is 18.3. The number of hydrogen-bond acceptors (Lipinski definition) is 5. The Labute approximate surface area is 319 Å². The molecule has 0 aromatic rings. The van der Waals surface area contributed by atoms with Crippen LogP contribution >= 0.6 is 0 Å². The third-order valence-corrected chi connectivity index (χ3v) is 12.0. The minimum Gasteiger partial charge on any atom is -0.465 e. The van der Waals surface area contributed by atoms with Gasteiger partial charge in [-0.1, -0.05) is 158 Å². The Bertz CT molecular complexity index is 850. The maximum Gasteiger partial charge on any atom is 0.312 e. The summed E-state index contributed by atoms with van der Waals surface area (Å²) in [5, 5.41) is 0. The van der Waals surface area contributed by atoms with Crippen LogP contribution in [0, 0.1) is 22.2 Å². The molecule has 0 rings (SSSR count). The van der Waals surface area contributed by atoms with Crippen molar-refractivity contribution in [3.8, 4) is 0 Å². The van der Waals surface area contributed by atoms with Crippen LogP contribution in [0.3, 0.4) is 0 Å². The van der Waals surface area contributed by atoms with Crippen molar-refractivity contribution in [2.45, 2.75) is 236 Å². The first kappa shape index (κ1) is 49.9. The molecule has 0 bridgehead atoms. The van der Waals surface area contributed by atoms with E-state index in [0.717, 1.165) is 70.9 Å². The molecule has 2 unspecified atom stereocenters. The maximum atomic E-state index is 13.8. The van der Waals surface area contributed by atoms with E-state index in [-0.39, 0.29) is 28.9 Å². The minimum atomic E-state index is -0.581. The van der Waals surface area contributed by atoms with Crippen molar-refractivity contribution in [3.63, 3.8) is 0 Å². The molecule has 0 aromatic carbocycles. The average molecular weight is 722 g/mol. The van der Waals surface area contributed by atoms with Crippen molar-refractivity contribution in [2.24, 2.45) is 22.2 Å². The average Bonchev–Trinajstić information content (AvgIpc) is 3.07. The SMILES string of the molecule is CCCCCCCCCC(CCCCCCCCC(=O)OCC(CCCC)CCCCCC)OC(=O)C(C)(C)C(C)(C)CN(C)CC(C)(C)CC. The number of nitrogens with zero attached hydrogens (tertiary/aromatic N) is 1. The van der Waals surface area contributed by atoms with Crippen LogP contribution in [0.5, 0.6) is 0 Å². The molecule has 0 radical (unpaired) electrons. The number of carbonyl (C=O) groups is 2. The van der Waals surface area contributed by atoms with Gasteiger partial charge in [0.05, 0.1) is 12.0 Å². The standard InChI is InChI=1S/C46H91NO4/c1-12-16-19-21-22-25-29-34-41(51-43(49)46(9,10)45(7,8)39-47(11)38-44(5,6)15-4)35-30-26-23-24-27-31-36-42(48)50-37-40(32-18-14-3)33-28-20-17-13-2/h40-41H,12-39H2,1-11H3. The fourth-order valence-corrected chi connectivity index (χ4v) is 7.23. The zero-order valence-corrected chi connectivity index (χ0v) is 36.5. The van der Waals surface area contributed by atoms with Gasteiger partial charge in [-0.15, -0.1) is 0 Å². The van der Waals surface area contributed by atoms with Crippen molar-refractivity contribution in [3.05, 3.63) is 0 Å². The van der Waals surface area contributed by atoms with Crippen LogP contribution in [0.1, 0.15) is 230 Å². The molecule has 5 nitrogen and oxygen atoms in total. The van der Waals surface area contributed by atoms with Crippen LogP contribution in [-0.4, -0.2) is 49.7 Å². The van der Waals surface area contributed by atoms with E-state index in [0.29, 0.717) is 18.9 Å². The monoisotopic (exact) mass is 722 g/mol. The first-order valence-electron chi connectivity index (χ1n) is 22.2. The highest BCUT2D eigenvalue weighted by atomic mass is 16.5. The number of carbonyl (C=O) groups excluding carboxylic acids is 2. The predicted molar refractivity (Wildman–Crippen MR) is 221 cm³/mol. The van der Waals surface area contributed by atoms with Crippen molar-refractivity contribution in [1.29, 1.82) is 0 Å². The van der Waals surface area contributed by atoms with E-state index in [4.69, 9.17) is 9.47 Å². The Morgan fingerprint density at radius 2 is 1.02 bits per heavy atom. The van der Waals surface area contributed by atoms with Gasteiger partial charge in [0.15, 0.2) is 0 Å². The molecule has 0 amide bonds. The van der Waals surface area contributed by atoms with Crippen LogP contribution in [0.4, 0.5) is 0 Å². The van der Waals surface area contributed by atoms with Crippen LogP contribution < -0.4 is 0 Å². The quantitative estimate of drug-likeness (QED) is 0.0482. The van der Waals surface area contributed by atoms with Gasteiger partial charge >= 0.3 is 11.9 Å². The molecule has 0 heterocycles. The molecular weight excluding hydrogens is 631 g/mol. The Balaban J connectivity index is 4.79. The molecule has 0 saturated heterocycles. The fourth-order valence-electron chi connectivity index (χ4n) is 7.23. The van der Waals surface area contributed by atoms with Crippen molar-refractivity contribution in [1.82, 2.24) is 4.90 Å². The largest absolute Gasteiger partial charge is 0.465 e. The van der Waals surface area contributed by atoms with Crippen molar-refractivity contribution >= 4 is 11.9 Å². The lowest BCUT2D eigenvalue weighted by molar-refractivity contribution is -0.168. The molecule has 51 heavy (non-hydrogen) atoms. The Morgan fingerprint density at radius 1 is 0.569 bits per heavy atom.